The molecular weight excluding hydrogens is 362 g/mol. The Bertz CT molecular complexity index is 931. The first-order chi connectivity index (χ1) is 13.2. The molecule has 6 heteroatoms. The molecule has 5 nitrogen and oxygen atoms in total. The predicted octanol–water partition coefficient (Wildman–Crippen LogP) is 4.29. The van der Waals surface area contributed by atoms with Gasteiger partial charge in [0.25, 0.3) is 5.91 Å². The molecule has 0 aliphatic carbocycles. The van der Waals surface area contributed by atoms with Gasteiger partial charge < -0.3 is 15.4 Å². The Morgan fingerprint density at radius 3 is 2.56 bits per heavy atom. The van der Waals surface area contributed by atoms with E-state index in [1.54, 1.807) is 25.4 Å². The molecular formula is C21H20ClN3O2. The van der Waals surface area contributed by atoms with E-state index in [1.807, 2.05) is 48.5 Å². The van der Waals surface area contributed by atoms with Crippen LogP contribution in [-0.2, 0) is 13.1 Å². The number of hydrogen-bond acceptors (Lipinski definition) is 4. The summed E-state index contributed by atoms with van der Waals surface area (Å²) in [5, 5.41) is 6.79. The molecule has 0 spiro atoms. The molecule has 27 heavy (non-hydrogen) atoms. The van der Waals surface area contributed by atoms with Gasteiger partial charge in [0.05, 0.1) is 7.11 Å². The van der Waals surface area contributed by atoms with Gasteiger partial charge >= 0.3 is 0 Å². The van der Waals surface area contributed by atoms with Gasteiger partial charge in [-0.2, -0.15) is 0 Å². The molecule has 1 amide bonds. The van der Waals surface area contributed by atoms with Crippen LogP contribution in [0.25, 0.3) is 0 Å². The standard InChI is InChI=1S/C21H20ClN3O2/c1-27-19-9-5-3-7-17(19)14-25-21(26)15-10-11-23-20(12-15)24-13-16-6-2-4-8-18(16)22/h2-12H,13-14H2,1H3,(H,23,24)(H,25,26). The van der Waals surface area contributed by atoms with Gasteiger partial charge in [-0.3, -0.25) is 4.79 Å². The smallest absolute Gasteiger partial charge is 0.251 e. The van der Waals surface area contributed by atoms with E-state index in [0.29, 0.717) is 29.5 Å². The van der Waals surface area contributed by atoms with Gasteiger partial charge in [0.2, 0.25) is 0 Å². The van der Waals surface area contributed by atoms with Crippen molar-refractivity contribution in [2.75, 3.05) is 12.4 Å². The van der Waals surface area contributed by atoms with Gasteiger partial charge in [0, 0.05) is 35.4 Å². The molecule has 0 aliphatic heterocycles. The highest BCUT2D eigenvalue weighted by atomic mass is 35.5. The van der Waals surface area contributed by atoms with Crippen LogP contribution in [0, 0.1) is 0 Å². The van der Waals surface area contributed by atoms with Crippen LogP contribution in [0.4, 0.5) is 5.82 Å². The van der Waals surface area contributed by atoms with Gasteiger partial charge in [-0.25, -0.2) is 4.98 Å². The molecule has 0 bridgehead atoms. The van der Waals surface area contributed by atoms with E-state index in [2.05, 4.69) is 15.6 Å². The summed E-state index contributed by atoms with van der Waals surface area (Å²) in [5.41, 5.74) is 2.41. The summed E-state index contributed by atoms with van der Waals surface area (Å²) < 4.78 is 5.30. The molecule has 2 N–H and O–H groups in total. The summed E-state index contributed by atoms with van der Waals surface area (Å²) in [4.78, 5) is 16.7. The number of hydrogen-bond donors (Lipinski definition) is 2. The van der Waals surface area contributed by atoms with Crippen molar-refractivity contribution in [3.05, 3.63) is 88.6 Å². The number of para-hydroxylation sites is 1. The zero-order valence-corrected chi connectivity index (χ0v) is 15.7. The second-order valence-electron chi connectivity index (χ2n) is 5.87. The van der Waals surface area contributed by atoms with Gasteiger partial charge in [-0.1, -0.05) is 48.0 Å². The van der Waals surface area contributed by atoms with Crippen LogP contribution in [0.2, 0.25) is 5.02 Å². The summed E-state index contributed by atoms with van der Waals surface area (Å²) in [6, 6.07) is 18.6. The highest BCUT2D eigenvalue weighted by molar-refractivity contribution is 6.31. The minimum absolute atomic E-state index is 0.177. The minimum Gasteiger partial charge on any atom is -0.496 e. The van der Waals surface area contributed by atoms with Crippen molar-refractivity contribution in [2.45, 2.75) is 13.1 Å². The molecule has 3 rings (SSSR count). The van der Waals surface area contributed by atoms with Gasteiger partial charge in [0.15, 0.2) is 0 Å². The summed E-state index contributed by atoms with van der Waals surface area (Å²) in [6.07, 6.45) is 1.60. The van der Waals surface area contributed by atoms with Crippen LogP contribution in [0.1, 0.15) is 21.5 Å². The topological polar surface area (TPSA) is 63.2 Å². The second kappa shape index (κ2) is 9.05. The predicted molar refractivity (Wildman–Crippen MR) is 107 cm³/mol. The largest absolute Gasteiger partial charge is 0.496 e. The van der Waals surface area contributed by atoms with E-state index in [1.165, 1.54) is 0 Å². The lowest BCUT2D eigenvalue weighted by Gasteiger charge is -2.11. The third kappa shape index (κ3) is 4.99. The number of amides is 1. The number of pyridine rings is 1. The van der Waals surface area contributed by atoms with Gasteiger partial charge in [0.1, 0.15) is 11.6 Å². The van der Waals surface area contributed by atoms with E-state index < -0.39 is 0 Å². The molecule has 1 aromatic heterocycles. The molecule has 1 heterocycles. The molecule has 0 saturated carbocycles. The average Bonchev–Trinajstić information content (AvgIpc) is 2.72. The molecule has 0 aliphatic rings. The van der Waals surface area contributed by atoms with Crippen molar-refractivity contribution < 1.29 is 9.53 Å². The first-order valence-electron chi connectivity index (χ1n) is 8.51. The fourth-order valence-corrected chi connectivity index (χ4v) is 2.83. The van der Waals surface area contributed by atoms with Crippen LogP contribution in [0.15, 0.2) is 66.9 Å². The maximum atomic E-state index is 12.5. The molecule has 0 fully saturated rings. The molecule has 138 valence electrons. The molecule has 2 aromatic carbocycles. The van der Waals surface area contributed by atoms with E-state index >= 15 is 0 Å². The fraction of sp³-hybridized carbons (Fsp3) is 0.143. The van der Waals surface area contributed by atoms with E-state index in [4.69, 9.17) is 16.3 Å². The van der Waals surface area contributed by atoms with Crippen molar-refractivity contribution in [1.29, 1.82) is 0 Å². The Morgan fingerprint density at radius 2 is 1.78 bits per heavy atom. The van der Waals surface area contributed by atoms with E-state index in [-0.39, 0.29) is 5.91 Å². The van der Waals surface area contributed by atoms with Crippen LogP contribution < -0.4 is 15.4 Å². The lowest BCUT2D eigenvalue weighted by Crippen LogP contribution is -2.23. The lowest BCUT2D eigenvalue weighted by molar-refractivity contribution is 0.0950. The van der Waals surface area contributed by atoms with Crippen LogP contribution in [0.3, 0.4) is 0 Å². The molecule has 0 atom stereocenters. The third-order valence-electron chi connectivity index (χ3n) is 4.07. The fourth-order valence-electron chi connectivity index (χ4n) is 2.62. The highest BCUT2D eigenvalue weighted by Crippen LogP contribution is 2.18. The number of nitrogens with zero attached hydrogens (tertiary/aromatic N) is 1. The number of nitrogens with one attached hydrogen (secondary N) is 2. The summed E-state index contributed by atoms with van der Waals surface area (Å²) in [6.45, 7) is 0.909. The quantitative estimate of drug-likeness (QED) is 0.641. The van der Waals surface area contributed by atoms with E-state index in [9.17, 15) is 4.79 Å². The highest BCUT2D eigenvalue weighted by Gasteiger charge is 2.09. The van der Waals surface area contributed by atoms with E-state index in [0.717, 1.165) is 16.9 Å². The normalized spacial score (nSPS) is 10.3. The van der Waals surface area contributed by atoms with Crippen molar-refractivity contribution in [3.63, 3.8) is 0 Å². The Hall–Kier alpha value is -3.05. The van der Waals surface area contributed by atoms with Crippen molar-refractivity contribution in [2.24, 2.45) is 0 Å². The van der Waals surface area contributed by atoms with Crippen molar-refractivity contribution in [3.8, 4) is 5.75 Å². The Balaban J connectivity index is 1.62. The first kappa shape index (κ1) is 18.7. The Morgan fingerprint density at radius 1 is 1.04 bits per heavy atom. The number of rotatable bonds is 7. The third-order valence-corrected chi connectivity index (χ3v) is 4.44. The first-order valence-corrected chi connectivity index (χ1v) is 8.88. The summed E-state index contributed by atoms with van der Waals surface area (Å²) >= 11 is 6.16. The minimum atomic E-state index is -0.177. The van der Waals surface area contributed by atoms with Crippen LogP contribution in [0.5, 0.6) is 5.75 Å². The number of methoxy groups -OCH3 is 1. The summed E-state index contributed by atoms with van der Waals surface area (Å²) in [7, 11) is 1.61. The van der Waals surface area contributed by atoms with Crippen molar-refractivity contribution in [1.82, 2.24) is 10.3 Å². The number of carbonyl (C=O) groups is 1. The summed E-state index contributed by atoms with van der Waals surface area (Å²) in [5.74, 6) is 1.18. The number of benzene rings is 2. The number of carbonyl (C=O) groups excluding carboxylic acids is 1. The monoisotopic (exact) mass is 381 g/mol. The Labute approximate surface area is 163 Å². The van der Waals surface area contributed by atoms with Gasteiger partial charge in [-0.05, 0) is 29.8 Å². The average molecular weight is 382 g/mol. The second-order valence-corrected chi connectivity index (χ2v) is 6.28. The maximum Gasteiger partial charge on any atom is 0.251 e. The Kier molecular flexibility index (Phi) is 6.28. The van der Waals surface area contributed by atoms with Gasteiger partial charge in [-0.15, -0.1) is 0 Å². The van der Waals surface area contributed by atoms with Crippen LogP contribution in [-0.4, -0.2) is 18.0 Å². The maximum absolute atomic E-state index is 12.5. The number of ether oxygens (including phenoxy) is 1. The molecule has 0 unspecified atom stereocenters. The SMILES string of the molecule is COc1ccccc1CNC(=O)c1ccnc(NCc2ccccc2Cl)c1. The van der Waals surface area contributed by atoms with Crippen molar-refractivity contribution >= 4 is 23.3 Å². The number of aromatic nitrogens is 1. The zero-order chi connectivity index (χ0) is 19.1. The lowest BCUT2D eigenvalue weighted by atomic mass is 10.2. The van der Waals surface area contributed by atoms with Crippen LogP contribution >= 0.6 is 11.6 Å². The molecule has 3 aromatic rings. The number of halogens is 1. The number of anilines is 1. The molecule has 0 saturated heterocycles. The molecule has 0 radical (unpaired) electrons. The zero-order valence-electron chi connectivity index (χ0n) is 14.9.